The molecule has 2 aromatic rings. The number of aliphatic hydroxyl groups excluding tert-OH is 2. The summed E-state index contributed by atoms with van der Waals surface area (Å²) >= 11 is 0. The van der Waals surface area contributed by atoms with E-state index in [4.69, 9.17) is 0 Å². The zero-order valence-corrected chi connectivity index (χ0v) is 11.1. The van der Waals surface area contributed by atoms with Gasteiger partial charge < -0.3 is 10.2 Å². The molecule has 2 N–H and O–H groups in total. The van der Waals surface area contributed by atoms with Crippen LogP contribution in [-0.2, 0) is 6.42 Å². The molecule has 0 radical (unpaired) electrons. The first kappa shape index (κ1) is 11.4. The van der Waals surface area contributed by atoms with E-state index in [1.165, 1.54) is 27.5 Å². The van der Waals surface area contributed by atoms with Gasteiger partial charge in [-0.1, -0.05) is 24.3 Å². The number of aryl methyl sites for hydroxylation is 1. The Kier molecular flexibility index (Phi) is 2.30. The van der Waals surface area contributed by atoms with Crippen LogP contribution >= 0.6 is 0 Å². The Labute approximate surface area is 112 Å². The highest BCUT2D eigenvalue weighted by molar-refractivity contribution is 5.92. The second kappa shape index (κ2) is 3.81. The minimum absolute atomic E-state index is 0.256. The lowest BCUT2D eigenvalue weighted by molar-refractivity contribution is 0.112. The summed E-state index contributed by atoms with van der Waals surface area (Å²) in [6, 6.07) is 8.54. The van der Waals surface area contributed by atoms with E-state index in [0.29, 0.717) is 5.92 Å². The highest BCUT2D eigenvalue weighted by atomic mass is 16.3. The van der Waals surface area contributed by atoms with Gasteiger partial charge in [0.05, 0.1) is 12.2 Å². The van der Waals surface area contributed by atoms with E-state index >= 15 is 0 Å². The molecule has 4 rings (SSSR count). The Morgan fingerprint density at radius 1 is 1.00 bits per heavy atom. The molecule has 2 aliphatic carbocycles. The SMILES string of the molecule is Cc1ccc2ccc3c4c2c1C(O)CC4CC(O)C3. The lowest BCUT2D eigenvalue weighted by Crippen LogP contribution is -2.27. The van der Waals surface area contributed by atoms with Gasteiger partial charge in [-0.15, -0.1) is 0 Å². The Hall–Kier alpha value is -1.38. The Morgan fingerprint density at radius 2 is 1.79 bits per heavy atom. The summed E-state index contributed by atoms with van der Waals surface area (Å²) < 4.78 is 0. The third-order valence-electron chi connectivity index (χ3n) is 4.84. The van der Waals surface area contributed by atoms with E-state index in [2.05, 4.69) is 31.2 Å². The Balaban J connectivity index is 2.13. The van der Waals surface area contributed by atoms with Crippen molar-refractivity contribution >= 4 is 10.8 Å². The molecule has 98 valence electrons. The van der Waals surface area contributed by atoms with Crippen molar-refractivity contribution < 1.29 is 10.2 Å². The van der Waals surface area contributed by atoms with E-state index < -0.39 is 0 Å². The first-order chi connectivity index (χ1) is 9.15. The van der Waals surface area contributed by atoms with Crippen molar-refractivity contribution in [3.8, 4) is 0 Å². The van der Waals surface area contributed by atoms with Crippen LogP contribution in [0.2, 0.25) is 0 Å². The standard InChI is InChI=1S/C17H18O2/c1-9-2-3-10-4-5-11-6-13(18)7-12-8-14(19)15(9)17(10)16(11)12/h2-5,12-14,18-19H,6-8H2,1H3. The van der Waals surface area contributed by atoms with Crippen molar-refractivity contribution in [3.63, 3.8) is 0 Å². The predicted octanol–water partition coefficient (Wildman–Crippen LogP) is 2.98. The Morgan fingerprint density at radius 3 is 2.63 bits per heavy atom. The van der Waals surface area contributed by atoms with E-state index in [-0.39, 0.29) is 12.2 Å². The summed E-state index contributed by atoms with van der Waals surface area (Å²) in [7, 11) is 0. The fraction of sp³-hybridized carbons (Fsp3) is 0.412. The van der Waals surface area contributed by atoms with E-state index in [1.54, 1.807) is 0 Å². The smallest absolute Gasteiger partial charge is 0.0804 e. The molecule has 19 heavy (non-hydrogen) atoms. The van der Waals surface area contributed by atoms with Gasteiger partial charge in [0.1, 0.15) is 0 Å². The normalized spacial score (nSPS) is 28.7. The van der Waals surface area contributed by atoms with Crippen molar-refractivity contribution in [1.29, 1.82) is 0 Å². The molecule has 0 bridgehead atoms. The van der Waals surface area contributed by atoms with Gasteiger partial charge in [0, 0.05) is 0 Å². The maximum Gasteiger partial charge on any atom is 0.0804 e. The highest BCUT2D eigenvalue weighted by Crippen LogP contribution is 2.48. The summed E-state index contributed by atoms with van der Waals surface area (Å²) in [5.74, 6) is 0.312. The largest absolute Gasteiger partial charge is 0.393 e. The maximum atomic E-state index is 10.5. The molecule has 0 saturated carbocycles. The van der Waals surface area contributed by atoms with Crippen LogP contribution < -0.4 is 0 Å². The van der Waals surface area contributed by atoms with Crippen molar-refractivity contribution in [2.75, 3.05) is 0 Å². The molecule has 2 nitrogen and oxygen atoms in total. The van der Waals surface area contributed by atoms with Crippen LogP contribution in [0.25, 0.3) is 10.8 Å². The molecular formula is C17H18O2. The molecule has 0 fully saturated rings. The fourth-order valence-corrected chi connectivity index (χ4v) is 4.08. The molecule has 0 amide bonds. The number of rotatable bonds is 0. The van der Waals surface area contributed by atoms with Gasteiger partial charge in [-0.3, -0.25) is 0 Å². The summed E-state index contributed by atoms with van der Waals surface area (Å²) in [6.45, 7) is 2.08. The molecule has 2 heteroatoms. The third-order valence-corrected chi connectivity index (χ3v) is 4.84. The van der Waals surface area contributed by atoms with Gasteiger partial charge in [-0.2, -0.15) is 0 Å². The van der Waals surface area contributed by atoms with Crippen LogP contribution in [0.5, 0.6) is 0 Å². The summed E-state index contributed by atoms with van der Waals surface area (Å²) in [5, 5.41) is 23.0. The average Bonchev–Trinajstić information content (AvgIpc) is 2.37. The molecule has 2 aliphatic rings. The quantitative estimate of drug-likeness (QED) is 0.758. The van der Waals surface area contributed by atoms with Crippen molar-refractivity contribution in [2.45, 2.75) is 44.3 Å². The maximum absolute atomic E-state index is 10.5. The van der Waals surface area contributed by atoms with E-state index in [9.17, 15) is 10.2 Å². The molecule has 0 saturated heterocycles. The minimum Gasteiger partial charge on any atom is -0.393 e. The van der Waals surface area contributed by atoms with Crippen LogP contribution in [0.15, 0.2) is 24.3 Å². The summed E-state index contributed by atoms with van der Waals surface area (Å²) in [4.78, 5) is 0. The van der Waals surface area contributed by atoms with Crippen LogP contribution in [-0.4, -0.2) is 16.3 Å². The van der Waals surface area contributed by atoms with Crippen molar-refractivity contribution in [1.82, 2.24) is 0 Å². The predicted molar refractivity (Wildman–Crippen MR) is 75.3 cm³/mol. The van der Waals surface area contributed by atoms with Gasteiger partial charge in [0.2, 0.25) is 0 Å². The lowest BCUT2D eigenvalue weighted by Gasteiger charge is -2.37. The lowest BCUT2D eigenvalue weighted by atomic mass is 9.70. The molecule has 3 unspecified atom stereocenters. The number of hydrogen-bond donors (Lipinski definition) is 2. The minimum atomic E-state index is -0.387. The Bertz CT molecular complexity index is 675. The third kappa shape index (κ3) is 1.50. The first-order valence-corrected chi connectivity index (χ1v) is 7.06. The monoisotopic (exact) mass is 254 g/mol. The molecule has 3 atom stereocenters. The summed E-state index contributed by atoms with van der Waals surface area (Å²) in [5.41, 5.74) is 4.96. The molecule has 0 aromatic heterocycles. The van der Waals surface area contributed by atoms with Crippen molar-refractivity contribution in [2.24, 2.45) is 0 Å². The van der Waals surface area contributed by atoms with Crippen LogP contribution in [0.1, 0.15) is 47.1 Å². The van der Waals surface area contributed by atoms with E-state index in [1.807, 2.05) is 0 Å². The number of benzene rings is 2. The molecule has 2 aromatic carbocycles. The molecule has 0 aliphatic heterocycles. The average molecular weight is 254 g/mol. The highest BCUT2D eigenvalue weighted by Gasteiger charge is 2.34. The zero-order chi connectivity index (χ0) is 13.1. The number of hydrogen-bond acceptors (Lipinski definition) is 2. The fourth-order valence-electron chi connectivity index (χ4n) is 4.08. The van der Waals surface area contributed by atoms with Gasteiger partial charge in [-0.25, -0.2) is 0 Å². The van der Waals surface area contributed by atoms with Crippen LogP contribution in [0.3, 0.4) is 0 Å². The molecule has 0 spiro atoms. The first-order valence-electron chi connectivity index (χ1n) is 7.06. The second-order valence-electron chi connectivity index (χ2n) is 6.07. The van der Waals surface area contributed by atoms with E-state index in [0.717, 1.165) is 24.8 Å². The number of aliphatic hydroxyl groups is 2. The topological polar surface area (TPSA) is 40.5 Å². The molecule has 0 heterocycles. The van der Waals surface area contributed by atoms with Gasteiger partial charge in [-0.05, 0) is 65.1 Å². The summed E-state index contributed by atoms with van der Waals surface area (Å²) in [6.07, 6.45) is 1.65. The second-order valence-corrected chi connectivity index (χ2v) is 6.07. The van der Waals surface area contributed by atoms with Gasteiger partial charge in [0.25, 0.3) is 0 Å². The zero-order valence-electron chi connectivity index (χ0n) is 11.1. The van der Waals surface area contributed by atoms with Crippen LogP contribution in [0.4, 0.5) is 0 Å². The van der Waals surface area contributed by atoms with Gasteiger partial charge in [0.15, 0.2) is 0 Å². The van der Waals surface area contributed by atoms with Crippen LogP contribution in [0, 0.1) is 6.92 Å². The molecular weight excluding hydrogens is 236 g/mol. The van der Waals surface area contributed by atoms with Gasteiger partial charge >= 0.3 is 0 Å². The van der Waals surface area contributed by atoms with Crippen molar-refractivity contribution in [3.05, 3.63) is 46.5 Å².